The molecule has 0 N–H and O–H groups in total. The average Bonchev–Trinajstić information content (AvgIpc) is 3.56. The molecule has 1 aromatic carbocycles. The van der Waals surface area contributed by atoms with Crippen LogP contribution in [0.15, 0.2) is 55.6 Å². The predicted octanol–water partition coefficient (Wildman–Crippen LogP) is 6.65. The van der Waals surface area contributed by atoms with Crippen molar-refractivity contribution in [2.75, 3.05) is 6.61 Å². The molecule has 4 rings (SSSR count). The molecular formula is C30H32F3N5O6. The number of esters is 1. The third-order valence-electron chi connectivity index (χ3n) is 6.04. The van der Waals surface area contributed by atoms with Gasteiger partial charge in [0, 0.05) is 18.6 Å². The Hall–Kier alpha value is -4.88. The van der Waals surface area contributed by atoms with Gasteiger partial charge in [0.05, 0.1) is 29.6 Å². The molecule has 44 heavy (non-hydrogen) atoms. The minimum Gasteiger partial charge on any atom is -0.455 e. The van der Waals surface area contributed by atoms with Gasteiger partial charge in [0.1, 0.15) is 24.1 Å². The van der Waals surface area contributed by atoms with Crippen molar-refractivity contribution >= 4 is 17.8 Å². The summed E-state index contributed by atoms with van der Waals surface area (Å²) in [7, 11) is 0. The molecule has 11 nitrogen and oxygen atoms in total. The fourth-order valence-electron chi connectivity index (χ4n) is 4.19. The van der Waals surface area contributed by atoms with Crippen molar-refractivity contribution in [3.63, 3.8) is 0 Å². The second-order valence-corrected chi connectivity index (χ2v) is 10.7. The molecule has 14 heteroatoms. The lowest BCUT2D eigenvalue weighted by Gasteiger charge is -2.20. The van der Waals surface area contributed by atoms with Crippen LogP contribution in [-0.2, 0) is 33.4 Å². The number of aromatic nitrogens is 5. The summed E-state index contributed by atoms with van der Waals surface area (Å²) >= 11 is 0. The molecule has 0 unspecified atom stereocenters. The van der Waals surface area contributed by atoms with Gasteiger partial charge in [-0.1, -0.05) is 13.0 Å². The molecule has 0 bridgehead atoms. The number of benzene rings is 1. The second kappa shape index (κ2) is 12.8. The lowest BCUT2D eigenvalue weighted by atomic mass is 10.0. The van der Waals surface area contributed by atoms with Crippen molar-refractivity contribution in [1.29, 1.82) is 0 Å². The average molecular weight is 616 g/mol. The Labute approximate surface area is 251 Å². The third-order valence-corrected chi connectivity index (χ3v) is 6.04. The fourth-order valence-corrected chi connectivity index (χ4v) is 4.19. The van der Waals surface area contributed by atoms with E-state index in [1.165, 1.54) is 47.4 Å². The van der Waals surface area contributed by atoms with E-state index in [0.717, 1.165) is 4.68 Å². The van der Waals surface area contributed by atoms with Crippen LogP contribution in [0.2, 0.25) is 0 Å². The Bertz CT molecular complexity index is 1670. The lowest BCUT2D eigenvalue weighted by Crippen LogP contribution is -2.28. The number of hydrogen-bond donors (Lipinski definition) is 0. The quantitative estimate of drug-likeness (QED) is 0.143. The van der Waals surface area contributed by atoms with Gasteiger partial charge < -0.3 is 18.9 Å². The smallest absolute Gasteiger partial charge is 0.455 e. The number of fused-ring (bicyclic) bond motifs is 1. The van der Waals surface area contributed by atoms with Crippen LogP contribution in [0.25, 0.3) is 16.9 Å². The molecule has 0 aliphatic heterocycles. The number of hydrogen-bond acceptors (Lipinski definition) is 9. The first-order valence-electron chi connectivity index (χ1n) is 13.7. The van der Waals surface area contributed by atoms with E-state index in [1.54, 1.807) is 33.8 Å². The Morgan fingerprint density at radius 1 is 1.16 bits per heavy atom. The maximum absolute atomic E-state index is 13.8. The zero-order chi connectivity index (χ0) is 32.2. The number of rotatable bonds is 10. The van der Waals surface area contributed by atoms with Gasteiger partial charge in [-0.05, 0) is 57.9 Å². The van der Waals surface area contributed by atoms with Crippen LogP contribution in [-0.4, -0.2) is 54.6 Å². The highest BCUT2D eigenvalue weighted by Crippen LogP contribution is 2.37. The number of carbonyl (C=O) groups is 2. The Kier molecular flexibility index (Phi) is 9.30. The van der Waals surface area contributed by atoms with Gasteiger partial charge >= 0.3 is 18.3 Å². The van der Waals surface area contributed by atoms with Crippen LogP contribution >= 0.6 is 0 Å². The highest BCUT2D eigenvalue weighted by molar-refractivity contribution is 5.91. The van der Waals surface area contributed by atoms with E-state index in [4.69, 9.17) is 18.9 Å². The number of imidazole rings is 1. The Balaban J connectivity index is 1.53. The molecule has 0 fully saturated rings. The second-order valence-electron chi connectivity index (χ2n) is 10.7. The number of ether oxygens (including phenoxy) is 4. The van der Waals surface area contributed by atoms with Crippen molar-refractivity contribution in [2.24, 2.45) is 0 Å². The summed E-state index contributed by atoms with van der Waals surface area (Å²) < 4.78 is 65.5. The summed E-state index contributed by atoms with van der Waals surface area (Å²) in [6.07, 6.45) is 1.01. The van der Waals surface area contributed by atoms with Crippen molar-refractivity contribution in [1.82, 2.24) is 24.1 Å². The lowest BCUT2D eigenvalue weighted by molar-refractivity contribution is -0.141. The molecule has 0 radical (unpaired) electrons. The van der Waals surface area contributed by atoms with Crippen molar-refractivity contribution in [3.8, 4) is 22.9 Å². The molecule has 4 aromatic rings. The van der Waals surface area contributed by atoms with Crippen LogP contribution in [0.5, 0.6) is 11.6 Å². The number of alkyl halides is 3. The van der Waals surface area contributed by atoms with E-state index in [2.05, 4.69) is 21.6 Å². The first-order valence-corrected chi connectivity index (χ1v) is 13.7. The molecule has 3 aromatic heterocycles. The zero-order valence-electron chi connectivity index (χ0n) is 24.8. The van der Waals surface area contributed by atoms with Crippen LogP contribution in [0, 0.1) is 0 Å². The largest absolute Gasteiger partial charge is 0.508 e. The monoisotopic (exact) mass is 615 g/mol. The molecule has 0 aliphatic carbocycles. The Morgan fingerprint density at radius 2 is 1.91 bits per heavy atom. The SMILES string of the molecule is C=CCn1cc(-c2cnc3c(Oc4ccc(C(=O)O[C@H](C)COC(=O)OC(C)(C)C)c(CC)c4)nccn23)c(C(F)(F)F)n1. The van der Waals surface area contributed by atoms with Gasteiger partial charge in [0.2, 0.25) is 5.65 Å². The van der Waals surface area contributed by atoms with Crippen molar-refractivity contribution in [3.05, 3.63) is 72.5 Å². The number of aryl methyl sites for hydroxylation is 1. The maximum Gasteiger partial charge on any atom is 0.508 e. The molecular weight excluding hydrogens is 583 g/mol. The first kappa shape index (κ1) is 32.0. The molecule has 0 saturated carbocycles. The zero-order valence-corrected chi connectivity index (χ0v) is 24.8. The van der Waals surface area contributed by atoms with E-state index in [-0.39, 0.29) is 41.5 Å². The Morgan fingerprint density at radius 3 is 2.57 bits per heavy atom. The maximum atomic E-state index is 13.8. The summed E-state index contributed by atoms with van der Waals surface area (Å²) in [4.78, 5) is 33.1. The molecule has 0 spiro atoms. The highest BCUT2D eigenvalue weighted by Gasteiger charge is 2.38. The van der Waals surface area contributed by atoms with Crippen LogP contribution in [0.4, 0.5) is 18.0 Å². The van der Waals surface area contributed by atoms with E-state index in [0.29, 0.717) is 17.7 Å². The summed E-state index contributed by atoms with van der Waals surface area (Å²) in [5.74, 6) is -0.264. The van der Waals surface area contributed by atoms with E-state index in [9.17, 15) is 22.8 Å². The summed E-state index contributed by atoms with van der Waals surface area (Å²) in [6, 6.07) is 4.70. The van der Waals surface area contributed by atoms with Gasteiger partial charge in [0.25, 0.3) is 5.88 Å². The van der Waals surface area contributed by atoms with Gasteiger partial charge in [-0.2, -0.15) is 18.3 Å². The van der Waals surface area contributed by atoms with Crippen molar-refractivity contribution < 1.29 is 41.7 Å². The fraction of sp³-hybridized carbons (Fsp3) is 0.367. The first-order chi connectivity index (χ1) is 20.7. The van der Waals surface area contributed by atoms with Crippen LogP contribution in [0.3, 0.4) is 0 Å². The molecule has 0 aliphatic rings. The molecule has 0 saturated heterocycles. The number of allylic oxidation sites excluding steroid dienone is 1. The third kappa shape index (κ3) is 7.54. The normalized spacial score (nSPS) is 12.5. The number of carbonyl (C=O) groups excluding carboxylic acids is 2. The topological polar surface area (TPSA) is 119 Å². The van der Waals surface area contributed by atoms with E-state index < -0.39 is 35.7 Å². The minimum absolute atomic E-state index is 0.0380. The predicted molar refractivity (Wildman–Crippen MR) is 152 cm³/mol. The van der Waals surface area contributed by atoms with Gasteiger partial charge in [-0.25, -0.2) is 19.6 Å². The summed E-state index contributed by atoms with van der Waals surface area (Å²) in [6.45, 7) is 12.0. The highest BCUT2D eigenvalue weighted by atomic mass is 19.4. The van der Waals surface area contributed by atoms with Crippen LogP contribution in [0.1, 0.15) is 56.2 Å². The van der Waals surface area contributed by atoms with Gasteiger partial charge in [-0.3, -0.25) is 9.08 Å². The van der Waals surface area contributed by atoms with Crippen molar-refractivity contribution in [2.45, 2.75) is 65.5 Å². The van der Waals surface area contributed by atoms with Crippen LogP contribution < -0.4 is 4.74 Å². The summed E-state index contributed by atoms with van der Waals surface area (Å²) in [5, 5.41) is 3.68. The summed E-state index contributed by atoms with van der Waals surface area (Å²) in [5.41, 5.74) is -0.724. The standard InChI is InChI=1S/C30H32F3N5O6/c1-7-12-37-16-22(24(36-37)30(31,32)33)23-15-35-25-26(34-11-13-38(23)25)43-20-9-10-21(19(8-2)14-20)27(39)42-18(3)17-41-28(40)44-29(4,5)6/h7,9-11,13-16,18H,1,8,12,17H2,2-6H3/t18-/m1/s1. The van der Waals surface area contributed by atoms with E-state index >= 15 is 0 Å². The van der Waals surface area contributed by atoms with Gasteiger partial charge in [0.15, 0.2) is 5.69 Å². The minimum atomic E-state index is -4.69. The van der Waals surface area contributed by atoms with E-state index in [1.807, 2.05) is 6.92 Å². The molecule has 0 amide bonds. The number of halogens is 3. The number of nitrogens with zero attached hydrogens (tertiary/aromatic N) is 5. The van der Waals surface area contributed by atoms with Gasteiger partial charge in [-0.15, -0.1) is 6.58 Å². The molecule has 234 valence electrons. The molecule has 1 atom stereocenters. The molecule has 3 heterocycles.